The fourth-order valence-corrected chi connectivity index (χ4v) is 5.21. The van der Waals surface area contributed by atoms with Gasteiger partial charge in [-0.2, -0.15) is 0 Å². The van der Waals surface area contributed by atoms with Gasteiger partial charge in [-0.05, 0) is 56.3 Å². The van der Waals surface area contributed by atoms with E-state index in [1.54, 1.807) is 10.9 Å². The minimum Gasteiger partial charge on any atom is -0.345 e. The van der Waals surface area contributed by atoms with Crippen molar-refractivity contribution >= 4 is 5.91 Å². The molecular weight excluding hydrogens is 266 g/mol. The van der Waals surface area contributed by atoms with Crippen LogP contribution in [0, 0.1) is 17.8 Å². The molecule has 0 unspecified atom stereocenters. The summed E-state index contributed by atoms with van der Waals surface area (Å²) in [4.78, 5) is 12.5. The molecule has 4 fully saturated rings. The Kier molecular flexibility index (Phi) is 3.03. The Labute approximate surface area is 124 Å². The van der Waals surface area contributed by atoms with Crippen LogP contribution in [0.15, 0.2) is 6.20 Å². The number of hydrogen-bond donors (Lipinski definition) is 2. The number of nitrogens with one attached hydrogen (secondary N) is 1. The van der Waals surface area contributed by atoms with E-state index in [0.29, 0.717) is 18.8 Å². The van der Waals surface area contributed by atoms with Crippen LogP contribution >= 0.6 is 0 Å². The molecule has 4 bridgehead atoms. The Hall–Kier alpha value is -1.43. The number of nitrogens with two attached hydrogens (primary N) is 1. The zero-order valence-electron chi connectivity index (χ0n) is 12.3. The minimum absolute atomic E-state index is 0.0312. The number of carbonyl (C=O) groups is 1. The number of aromatic nitrogens is 3. The second-order valence-corrected chi connectivity index (χ2v) is 7.31. The SMILES string of the molecule is NCCn1cc(C(=O)NC23CC4CC(CC(C4)C2)C3)nn1. The number of rotatable bonds is 4. The standard InChI is InChI=1S/C15H23N5O/c16-1-2-20-9-13(18-19-20)14(21)17-15-6-10-3-11(7-15)5-12(4-10)8-15/h9-12H,1-8,16H2,(H,17,21). The van der Waals surface area contributed by atoms with Gasteiger partial charge in [0.25, 0.3) is 5.91 Å². The van der Waals surface area contributed by atoms with Gasteiger partial charge < -0.3 is 11.1 Å². The van der Waals surface area contributed by atoms with Crippen molar-refractivity contribution in [3.05, 3.63) is 11.9 Å². The van der Waals surface area contributed by atoms with Crippen LogP contribution in [0.25, 0.3) is 0 Å². The van der Waals surface area contributed by atoms with Crippen molar-refractivity contribution in [3.63, 3.8) is 0 Å². The van der Waals surface area contributed by atoms with E-state index >= 15 is 0 Å². The molecule has 114 valence electrons. The molecule has 6 nitrogen and oxygen atoms in total. The average Bonchev–Trinajstić information content (AvgIpc) is 2.85. The van der Waals surface area contributed by atoms with Crippen molar-refractivity contribution in [2.45, 2.75) is 50.6 Å². The highest BCUT2D eigenvalue weighted by Gasteiger charge is 2.51. The molecule has 4 aliphatic carbocycles. The van der Waals surface area contributed by atoms with Crippen LogP contribution in [0.5, 0.6) is 0 Å². The van der Waals surface area contributed by atoms with Crippen LogP contribution in [0.1, 0.15) is 49.0 Å². The first-order valence-corrected chi connectivity index (χ1v) is 8.08. The third-order valence-electron chi connectivity index (χ3n) is 5.55. The maximum Gasteiger partial charge on any atom is 0.273 e. The third kappa shape index (κ3) is 2.35. The number of nitrogens with zero attached hydrogens (tertiary/aromatic N) is 3. The van der Waals surface area contributed by atoms with Gasteiger partial charge in [-0.1, -0.05) is 5.21 Å². The summed E-state index contributed by atoms with van der Waals surface area (Å²) in [5, 5.41) is 11.2. The monoisotopic (exact) mass is 289 g/mol. The Bertz CT molecular complexity index is 517. The highest BCUT2D eigenvalue weighted by atomic mass is 16.2. The Balaban J connectivity index is 1.48. The predicted octanol–water partition coefficient (Wildman–Crippen LogP) is 0.935. The lowest BCUT2D eigenvalue weighted by molar-refractivity contribution is -0.0167. The lowest BCUT2D eigenvalue weighted by Gasteiger charge is -2.56. The van der Waals surface area contributed by atoms with Crippen LogP contribution in [-0.4, -0.2) is 33.0 Å². The van der Waals surface area contributed by atoms with Gasteiger partial charge in [0.15, 0.2) is 5.69 Å². The van der Waals surface area contributed by atoms with Gasteiger partial charge in [0, 0.05) is 12.1 Å². The summed E-state index contributed by atoms with van der Waals surface area (Å²) in [6.07, 6.45) is 9.29. The molecular formula is C15H23N5O. The molecule has 21 heavy (non-hydrogen) atoms. The number of amides is 1. The van der Waals surface area contributed by atoms with E-state index in [2.05, 4.69) is 15.6 Å². The summed E-state index contributed by atoms with van der Waals surface area (Å²) >= 11 is 0. The van der Waals surface area contributed by atoms with Gasteiger partial charge in [0.05, 0.1) is 12.7 Å². The Morgan fingerprint density at radius 1 is 1.29 bits per heavy atom. The first-order chi connectivity index (χ1) is 10.2. The van der Waals surface area contributed by atoms with E-state index < -0.39 is 0 Å². The molecule has 1 aromatic heterocycles. The summed E-state index contributed by atoms with van der Waals surface area (Å²) in [5.41, 5.74) is 5.94. The fourth-order valence-electron chi connectivity index (χ4n) is 5.21. The maximum atomic E-state index is 12.5. The number of hydrogen-bond acceptors (Lipinski definition) is 4. The molecule has 6 heteroatoms. The highest BCUT2D eigenvalue weighted by molar-refractivity contribution is 5.92. The molecule has 1 aromatic rings. The molecule has 0 spiro atoms. The lowest BCUT2D eigenvalue weighted by Crippen LogP contribution is -2.59. The average molecular weight is 289 g/mol. The normalized spacial score (nSPS) is 36.9. The molecule has 5 rings (SSSR count). The van der Waals surface area contributed by atoms with E-state index in [0.717, 1.165) is 37.0 Å². The van der Waals surface area contributed by atoms with Crippen molar-refractivity contribution in [2.24, 2.45) is 23.5 Å². The summed E-state index contributed by atoms with van der Waals surface area (Å²) in [6.45, 7) is 1.09. The van der Waals surface area contributed by atoms with Crippen LogP contribution in [-0.2, 0) is 6.54 Å². The lowest BCUT2D eigenvalue weighted by atomic mass is 9.53. The minimum atomic E-state index is -0.0692. The molecule has 1 amide bonds. The molecule has 0 saturated heterocycles. The van der Waals surface area contributed by atoms with E-state index in [-0.39, 0.29) is 11.4 Å². The summed E-state index contributed by atoms with van der Waals surface area (Å²) in [7, 11) is 0. The van der Waals surface area contributed by atoms with Crippen molar-refractivity contribution in [3.8, 4) is 0 Å². The van der Waals surface area contributed by atoms with Gasteiger partial charge >= 0.3 is 0 Å². The first-order valence-electron chi connectivity index (χ1n) is 8.08. The topological polar surface area (TPSA) is 85.8 Å². The summed E-state index contributed by atoms with van der Waals surface area (Å²) in [5.74, 6) is 2.40. The molecule has 4 aliphatic rings. The van der Waals surface area contributed by atoms with Gasteiger partial charge in [0.1, 0.15) is 0 Å². The van der Waals surface area contributed by atoms with Crippen LogP contribution in [0.4, 0.5) is 0 Å². The van der Waals surface area contributed by atoms with Gasteiger partial charge in [-0.25, -0.2) is 0 Å². The molecule has 0 atom stereocenters. The van der Waals surface area contributed by atoms with Gasteiger partial charge in [-0.15, -0.1) is 5.10 Å². The molecule has 4 saturated carbocycles. The molecule has 0 radical (unpaired) electrons. The molecule has 1 heterocycles. The second kappa shape index (κ2) is 4.80. The van der Waals surface area contributed by atoms with E-state index in [9.17, 15) is 4.79 Å². The van der Waals surface area contributed by atoms with Gasteiger partial charge in [0.2, 0.25) is 0 Å². The van der Waals surface area contributed by atoms with Gasteiger partial charge in [-0.3, -0.25) is 9.48 Å². The Morgan fingerprint density at radius 3 is 2.48 bits per heavy atom. The number of carbonyl (C=O) groups excluding carboxylic acids is 1. The molecule has 0 aromatic carbocycles. The van der Waals surface area contributed by atoms with Crippen molar-refractivity contribution in [1.29, 1.82) is 0 Å². The first kappa shape index (κ1) is 13.2. The molecule has 3 N–H and O–H groups in total. The highest BCUT2D eigenvalue weighted by Crippen LogP contribution is 2.55. The molecule has 0 aliphatic heterocycles. The van der Waals surface area contributed by atoms with E-state index in [4.69, 9.17) is 5.73 Å². The van der Waals surface area contributed by atoms with E-state index in [1.807, 2.05) is 0 Å². The maximum absolute atomic E-state index is 12.5. The Morgan fingerprint density at radius 2 is 1.90 bits per heavy atom. The zero-order chi connectivity index (χ0) is 14.4. The summed E-state index contributed by atoms with van der Waals surface area (Å²) < 4.78 is 1.63. The van der Waals surface area contributed by atoms with Crippen molar-refractivity contribution < 1.29 is 4.79 Å². The van der Waals surface area contributed by atoms with Crippen molar-refractivity contribution in [2.75, 3.05) is 6.54 Å². The van der Waals surface area contributed by atoms with Crippen molar-refractivity contribution in [1.82, 2.24) is 20.3 Å². The zero-order valence-corrected chi connectivity index (χ0v) is 12.3. The fraction of sp³-hybridized carbons (Fsp3) is 0.800. The largest absolute Gasteiger partial charge is 0.345 e. The smallest absolute Gasteiger partial charge is 0.273 e. The second-order valence-electron chi connectivity index (χ2n) is 7.31. The third-order valence-corrected chi connectivity index (χ3v) is 5.55. The quantitative estimate of drug-likeness (QED) is 0.863. The predicted molar refractivity (Wildman–Crippen MR) is 77.4 cm³/mol. The van der Waals surface area contributed by atoms with Crippen LogP contribution < -0.4 is 11.1 Å². The van der Waals surface area contributed by atoms with Crippen LogP contribution in [0.2, 0.25) is 0 Å². The van der Waals surface area contributed by atoms with E-state index in [1.165, 1.54) is 19.3 Å². The van der Waals surface area contributed by atoms with Crippen LogP contribution in [0.3, 0.4) is 0 Å². The summed E-state index contributed by atoms with van der Waals surface area (Å²) in [6, 6.07) is 0.